The molecule has 4 rings (SSSR count). The number of hydrogen-bond donors (Lipinski definition) is 2. The highest BCUT2D eigenvalue weighted by Gasteiger charge is 2.58. The Balaban J connectivity index is 1.39. The number of benzene rings is 1. The van der Waals surface area contributed by atoms with Crippen LogP contribution in [0.1, 0.15) is 31.2 Å². The van der Waals surface area contributed by atoms with Gasteiger partial charge in [-0.05, 0) is 36.2 Å². The van der Waals surface area contributed by atoms with Crippen LogP contribution in [0.4, 0.5) is 0 Å². The standard InChI is InChI=1S/C21H31N3O4S/c1-23(2)29(27,28)24-13-18-17(19(18)14-24)12-22-20(25)21(26,16-10-6-7-11-16)15-8-4-3-5-9-15/h3-5,8-9,16-19,26H,6-7,10-14H2,1-2H3,(H,22,25)/t17-,18-,19+,21?. The Bertz CT molecular complexity index is 842. The predicted octanol–water partition coefficient (Wildman–Crippen LogP) is 1.16. The number of hydrogen-bond acceptors (Lipinski definition) is 4. The van der Waals surface area contributed by atoms with Crippen molar-refractivity contribution in [1.82, 2.24) is 13.9 Å². The Morgan fingerprint density at radius 3 is 2.31 bits per heavy atom. The molecule has 3 aliphatic rings. The molecule has 0 spiro atoms. The molecular weight excluding hydrogens is 390 g/mol. The van der Waals surface area contributed by atoms with Crippen molar-refractivity contribution in [2.45, 2.75) is 31.3 Å². The molecule has 0 aromatic heterocycles. The summed E-state index contributed by atoms with van der Waals surface area (Å²) in [4.78, 5) is 13.1. The van der Waals surface area contributed by atoms with E-state index in [0.29, 0.717) is 37.0 Å². The van der Waals surface area contributed by atoms with E-state index in [2.05, 4.69) is 5.32 Å². The maximum absolute atomic E-state index is 13.1. The van der Waals surface area contributed by atoms with E-state index in [4.69, 9.17) is 0 Å². The summed E-state index contributed by atoms with van der Waals surface area (Å²) < 4.78 is 27.3. The number of nitrogens with zero attached hydrogens (tertiary/aromatic N) is 2. The summed E-state index contributed by atoms with van der Waals surface area (Å²) in [5.41, 5.74) is -0.842. The molecule has 1 aliphatic heterocycles. The van der Waals surface area contributed by atoms with Crippen molar-refractivity contribution in [2.24, 2.45) is 23.7 Å². The molecule has 3 fully saturated rings. The van der Waals surface area contributed by atoms with Crippen LogP contribution in [-0.4, -0.2) is 61.8 Å². The van der Waals surface area contributed by atoms with Gasteiger partial charge < -0.3 is 10.4 Å². The molecular formula is C21H31N3O4S. The summed E-state index contributed by atoms with van der Waals surface area (Å²) in [5.74, 6) is 0.487. The molecule has 1 aromatic rings. The van der Waals surface area contributed by atoms with E-state index in [9.17, 15) is 18.3 Å². The van der Waals surface area contributed by atoms with Crippen molar-refractivity contribution in [3.8, 4) is 0 Å². The molecule has 0 bridgehead atoms. The molecule has 2 N–H and O–H groups in total. The molecule has 0 radical (unpaired) electrons. The summed E-state index contributed by atoms with van der Waals surface area (Å²) in [6.45, 7) is 1.51. The average molecular weight is 422 g/mol. The molecule has 1 unspecified atom stereocenters. The number of carbonyl (C=O) groups excluding carboxylic acids is 1. The van der Waals surface area contributed by atoms with Crippen molar-refractivity contribution in [3.63, 3.8) is 0 Å². The van der Waals surface area contributed by atoms with Crippen LogP contribution in [0.25, 0.3) is 0 Å². The lowest BCUT2D eigenvalue weighted by atomic mass is 9.79. The lowest BCUT2D eigenvalue weighted by Gasteiger charge is -2.33. The van der Waals surface area contributed by atoms with Crippen LogP contribution in [0.5, 0.6) is 0 Å². The van der Waals surface area contributed by atoms with Crippen LogP contribution in [-0.2, 0) is 20.6 Å². The molecule has 29 heavy (non-hydrogen) atoms. The zero-order chi connectivity index (χ0) is 20.8. The van der Waals surface area contributed by atoms with Crippen molar-refractivity contribution in [2.75, 3.05) is 33.7 Å². The third-order valence-corrected chi connectivity index (χ3v) is 9.00. The highest BCUT2D eigenvalue weighted by atomic mass is 32.2. The van der Waals surface area contributed by atoms with Crippen LogP contribution in [0.2, 0.25) is 0 Å². The van der Waals surface area contributed by atoms with Crippen molar-refractivity contribution in [3.05, 3.63) is 35.9 Å². The number of aliphatic hydroxyl groups is 1. The zero-order valence-electron chi connectivity index (χ0n) is 17.1. The largest absolute Gasteiger partial charge is 0.375 e. The maximum Gasteiger partial charge on any atom is 0.281 e. The van der Waals surface area contributed by atoms with Gasteiger partial charge in [0.1, 0.15) is 0 Å². The first kappa shape index (κ1) is 20.8. The molecule has 7 nitrogen and oxygen atoms in total. The fourth-order valence-corrected chi connectivity index (χ4v) is 6.45. The van der Waals surface area contributed by atoms with Gasteiger partial charge in [-0.2, -0.15) is 17.0 Å². The number of rotatable bonds is 7. The van der Waals surface area contributed by atoms with Crippen molar-refractivity contribution < 1.29 is 18.3 Å². The molecule has 2 aliphatic carbocycles. The monoisotopic (exact) mass is 421 g/mol. The normalized spacial score (nSPS) is 29.6. The van der Waals surface area contributed by atoms with Gasteiger partial charge in [0.15, 0.2) is 5.60 Å². The van der Waals surface area contributed by atoms with Crippen LogP contribution < -0.4 is 5.32 Å². The second kappa shape index (κ2) is 7.65. The second-order valence-corrected chi connectivity index (χ2v) is 11.1. The Kier molecular flexibility index (Phi) is 5.48. The minimum Gasteiger partial charge on any atom is -0.375 e. The first-order valence-corrected chi connectivity index (χ1v) is 11.9. The summed E-state index contributed by atoms with van der Waals surface area (Å²) in [6.07, 6.45) is 3.78. The molecule has 1 amide bonds. The molecule has 1 saturated heterocycles. The van der Waals surface area contributed by atoms with Crippen LogP contribution >= 0.6 is 0 Å². The summed E-state index contributed by atoms with van der Waals surface area (Å²) in [6, 6.07) is 9.25. The highest BCUT2D eigenvalue weighted by Crippen LogP contribution is 2.52. The predicted molar refractivity (Wildman–Crippen MR) is 110 cm³/mol. The van der Waals surface area contributed by atoms with Gasteiger partial charge in [-0.3, -0.25) is 4.79 Å². The quantitative estimate of drug-likeness (QED) is 0.692. The van der Waals surface area contributed by atoms with Crippen molar-refractivity contribution in [1.29, 1.82) is 0 Å². The van der Waals surface area contributed by atoms with Gasteiger partial charge in [-0.25, -0.2) is 0 Å². The first-order chi connectivity index (χ1) is 13.8. The summed E-state index contributed by atoms with van der Waals surface area (Å²) in [7, 11) is -0.273. The number of amides is 1. The molecule has 1 aromatic carbocycles. The third-order valence-electron chi connectivity index (χ3n) is 7.13. The van der Waals surface area contributed by atoms with E-state index < -0.39 is 15.8 Å². The van der Waals surface area contributed by atoms with E-state index in [0.717, 1.165) is 25.7 Å². The van der Waals surface area contributed by atoms with Gasteiger partial charge in [0.2, 0.25) is 0 Å². The lowest BCUT2D eigenvalue weighted by molar-refractivity contribution is -0.147. The number of fused-ring (bicyclic) bond motifs is 1. The zero-order valence-corrected chi connectivity index (χ0v) is 17.9. The Labute approximate surface area is 173 Å². The van der Waals surface area contributed by atoms with Gasteiger partial charge in [-0.1, -0.05) is 43.2 Å². The smallest absolute Gasteiger partial charge is 0.281 e. The molecule has 8 heteroatoms. The molecule has 160 valence electrons. The van der Waals surface area contributed by atoms with E-state index in [1.54, 1.807) is 14.1 Å². The Morgan fingerprint density at radius 1 is 1.17 bits per heavy atom. The topological polar surface area (TPSA) is 90.0 Å². The highest BCUT2D eigenvalue weighted by molar-refractivity contribution is 7.86. The Morgan fingerprint density at radius 2 is 1.76 bits per heavy atom. The van der Waals surface area contributed by atoms with Gasteiger partial charge in [-0.15, -0.1) is 0 Å². The van der Waals surface area contributed by atoms with Crippen LogP contribution in [0.3, 0.4) is 0 Å². The minimum absolute atomic E-state index is 0.0654. The van der Waals surface area contributed by atoms with Gasteiger partial charge in [0.05, 0.1) is 0 Å². The summed E-state index contributed by atoms with van der Waals surface area (Å²) in [5, 5.41) is 14.5. The van der Waals surface area contributed by atoms with Crippen LogP contribution in [0.15, 0.2) is 30.3 Å². The first-order valence-electron chi connectivity index (χ1n) is 10.5. The van der Waals surface area contributed by atoms with Crippen molar-refractivity contribution >= 4 is 16.1 Å². The van der Waals surface area contributed by atoms with E-state index >= 15 is 0 Å². The average Bonchev–Trinajstić information content (AvgIpc) is 3.14. The maximum atomic E-state index is 13.1. The number of nitrogens with one attached hydrogen (secondary N) is 1. The number of carbonyl (C=O) groups is 1. The van der Waals surface area contributed by atoms with Gasteiger partial charge in [0, 0.05) is 39.6 Å². The number of piperidine rings is 1. The molecule has 1 heterocycles. The third kappa shape index (κ3) is 3.60. The molecule has 2 saturated carbocycles. The van der Waals surface area contributed by atoms with E-state index in [1.165, 1.54) is 8.61 Å². The van der Waals surface area contributed by atoms with E-state index in [-0.39, 0.29) is 17.7 Å². The minimum atomic E-state index is -3.36. The van der Waals surface area contributed by atoms with Crippen LogP contribution in [0, 0.1) is 23.7 Å². The SMILES string of the molecule is CN(C)S(=O)(=O)N1C[C@@H]2[C@@H](CNC(=O)C(O)(c3ccccc3)C3CCCC3)[C@@H]2C1. The van der Waals surface area contributed by atoms with E-state index in [1.807, 2.05) is 30.3 Å². The summed E-state index contributed by atoms with van der Waals surface area (Å²) >= 11 is 0. The second-order valence-electron chi connectivity index (χ2n) is 8.92. The fourth-order valence-electron chi connectivity index (χ4n) is 5.27. The fraction of sp³-hybridized carbons (Fsp3) is 0.667. The van der Waals surface area contributed by atoms with Gasteiger partial charge >= 0.3 is 0 Å². The van der Waals surface area contributed by atoms with Gasteiger partial charge in [0.25, 0.3) is 16.1 Å². The Hall–Kier alpha value is -1.48. The lowest BCUT2D eigenvalue weighted by Crippen LogP contribution is -2.50. The molecule has 4 atom stereocenters.